The molecule has 3 rings (SSSR count). The first-order valence-corrected chi connectivity index (χ1v) is 8.02. The van der Waals surface area contributed by atoms with Crippen molar-refractivity contribution in [2.45, 2.75) is 19.6 Å². The lowest BCUT2D eigenvalue weighted by Crippen LogP contribution is -2.25. The zero-order chi connectivity index (χ0) is 20.1. The van der Waals surface area contributed by atoms with Crippen LogP contribution in [0.15, 0.2) is 53.9 Å². The lowest BCUT2D eigenvalue weighted by atomic mass is 10.1. The third kappa shape index (κ3) is 4.75. The Morgan fingerprint density at radius 2 is 2.07 bits per heavy atom. The van der Waals surface area contributed by atoms with Gasteiger partial charge in [0.05, 0.1) is 11.3 Å². The van der Waals surface area contributed by atoms with Crippen LogP contribution in [0.2, 0.25) is 0 Å². The van der Waals surface area contributed by atoms with E-state index in [4.69, 9.17) is 0 Å². The zero-order valence-electron chi connectivity index (χ0n) is 14.6. The minimum absolute atomic E-state index is 0.0195. The largest absolute Gasteiger partial charge is 0.416 e. The van der Waals surface area contributed by atoms with Gasteiger partial charge in [0.1, 0.15) is 6.54 Å². The van der Waals surface area contributed by atoms with Gasteiger partial charge >= 0.3 is 6.18 Å². The molecule has 1 aromatic carbocycles. The van der Waals surface area contributed by atoms with E-state index in [1.165, 1.54) is 12.1 Å². The maximum Gasteiger partial charge on any atom is 0.416 e. The highest BCUT2D eigenvalue weighted by molar-refractivity contribution is 5.98. The first-order chi connectivity index (χ1) is 13.3. The molecule has 144 valence electrons. The van der Waals surface area contributed by atoms with Crippen LogP contribution in [0.5, 0.6) is 0 Å². The van der Waals surface area contributed by atoms with Gasteiger partial charge in [0.2, 0.25) is 5.82 Å². The number of aromatic nitrogens is 5. The molecular weight excluding hydrogens is 375 g/mol. The molecule has 0 fully saturated rings. The molecule has 11 heteroatoms. The van der Waals surface area contributed by atoms with Crippen LogP contribution in [0.4, 0.5) is 13.2 Å². The summed E-state index contributed by atoms with van der Waals surface area (Å²) < 4.78 is 38.4. The van der Waals surface area contributed by atoms with Crippen molar-refractivity contribution in [1.82, 2.24) is 30.6 Å². The van der Waals surface area contributed by atoms with E-state index in [1.807, 2.05) is 0 Å². The Labute approximate surface area is 157 Å². The number of rotatable bonds is 5. The molecule has 1 N–H and O–H groups in total. The first kappa shape index (κ1) is 19.1. The predicted octanol–water partition coefficient (Wildman–Crippen LogP) is 2.29. The molecule has 8 nitrogen and oxygen atoms in total. The number of nitrogens with one attached hydrogen (secondary N) is 1. The van der Waals surface area contributed by atoms with Gasteiger partial charge in [-0.1, -0.05) is 18.2 Å². The van der Waals surface area contributed by atoms with E-state index in [0.717, 1.165) is 22.5 Å². The van der Waals surface area contributed by atoms with E-state index in [9.17, 15) is 18.0 Å². The Morgan fingerprint density at radius 3 is 2.79 bits per heavy atom. The summed E-state index contributed by atoms with van der Waals surface area (Å²) in [6.07, 6.45) is -1.25. The Bertz CT molecular complexity index is 999. The number of pyridine rings is 1. The van der Waals surface area contributed by atoms with Crippen molar-refractivity contribution >= 4 is 11.6 Å². The standard InChI is InChI=1S/C17H14F3N7O/c1-11(13-5-3-7-21-9-13)22-23-15(28)10-27-25-16(24-26-27)12-4-2-6-14(8-12)17(18,19)20/h2-9H,10H2,1H3,(H,23,28)/b22-11-. The summed E-state index contributed by atoms with van der Waals surface area (Å²) in [6, 6.07) is 8.08. The van der Waals surface area contributed by atoms with Gasteiger partial charge in [-0.15, -0.1) is 10.2 Å². The number of amides is 1. The molecule has 0 radical (unpaired) electrons. The lowest BCUT2D eigenvalue weighted by Gasteiger charge is -2.06. The molecule has 0 saturated heterocycles. The molecule has 0 bridgehead atoms. The summed E-state index contributed by atoms with van der Waals surface area (Å²) >= 11 is 0. The van der Waals surface area contributed by atoms with E-state index >= 15 is 0 Å². The van der Waals surface area contributed by atoms with Crippen molar-refractivity contribution in [1.29, 1.82) is 0 Å². The van der Waals surface area contributed by atoms with E-state index in [0.29, 0.717) is 5.71 Å². The fourth-order valence-corrected chi connectivity index (χ4v) is 2.21. The fraction of sp³-hybridized carbons (Fsp3) is 0.176. The second kappa shape index (κ2) is 7.94. The smallest absolute Gasteiger partial charge is 0.271 e. The number of hydrazone groups is 1. The number of benzene rings is 1. The van der Waals surface area contributed by atoms with Gasteiger partial charge < -0.3 is 0 Å². The number of alkyl halides is 3. The van der Waals surface area contributed by atoms with E-state index < -0.39 is 17.6 Å². The quantitative estimate of drug-likeness (QED) is 0.533. The predicted molar refractivity (Wildman–Crippen MR) is 92.8 cm³/mol. The molecule has 1 amide bonds. The number of carbonyl (C=O) groups is 1. The maximum atomic E-state index is 12.8. The number of carbonyl (C=O) groups excluding carboxylic acids is 1. The average molecular weight is 389 g/mol. The van der Waals surface area contributed by atoms with Crippen LogP contribution < -0.4 is 5.43 Å². The second-order valence-electron chi connectivity index (χ2n) is 5.70. The number of tetrazole rings is 1. The van der Waals surface area contributed by atoms with E-state index in [-0.39, 0.29) is 17.9 Å². The number of nitrogens with zero attached hydrogens (tertiary/aromatic N) is 6. The van der Waals surface area contributed by atoms with Crippen molar-refractivity contribution in [2.75, 3.05) is 0 Å². The van der Waals surface area contributed by atoms with Gasteiger partial charge in [-0.3, -0.25) is 9.78 Å². The average Bonchev–Trinajstić information content (AvgIpc) is 3.14. The molecule has 28 heavy (non-hydrogen) atoms. The second-order valence-corrected chi connectivity index (χ2v) is 5.70. The molecule has 2 aromatic heterocycles. The highest BCUT2D eigenvalue weighted by Gasteiger charge is 2.30. The summed E-state index contributed by atoms with van der Waals surface area (Å²) in [5.41, 5.74) is 2.97. The van der Waals surface area contributed by atoms with Crippen molar-refractivity contribution in [3.05, 3.63) is 59.9 Å². The van der Waals surface area contributed by atoms with Gasteiger partial charge in [-0.2, -0.15) is 23.1 Å². The van der Waals surface area contributed by atoms with Crippen LogP contribution in [0.25, 0.3) is 11.4 Å². The Hall–Kier alpha value is -3.63. The van der Waals surface area contributed by atoms with Crippen LogP contribution in [0.3, 0.4) is 0 Å². The number of hydrogen-bond donors (Lipinski definition) is 1. The van der Waals surface area contributed by atoms with Crippen LogP contribution in [0, 0.1) is 0 Å². The van der Waals surface area contributed by atoms with Crippen molar-refractivity contribution < 1.29 is 18.0 Å². The topological polar surface area (TPSA) is 98.0 Å². The van der Waals surface area contributed by atoms with E-state index in [2.05, 4.69) is 30.9 Å². The first-order valence-electron chi connectivity index (χ1n) is 8.02. The van der Waals surface area contributed by atoms with Crippen LogP contribution >= 0.6 is 0 Å². The molecule has 0 atom stereocenters. The van der Waals surface area contributed by atoms with Crippen LogP contribution in [-0.4, -0.2) is 36.8 Å². The monoisotopic (exact) mass is 389 g/mol. The fourth-order valence-electron chi connectivity index (χ4n) is 2.21. The highest BCUT2D eigenvalue weighted by Crippen LogP contribution is 2.31. The lowest BCUT2D eigenvalue weighted by molar-refractivity contribution is -0.137. The molecule has 0 unspecified atom stereocenters. The van der Waals surface area contributed by atoms with Crippen molar-refractivity contribution in [3.8, 4) is 11.4 Å². The van der Waals surface area contributed by atoms with Crippen molar-refractivity contribution in [2.24, 2.45) is 5.10 Å². The van der Waals surface area contributed by atoms with Gasteiger partial charge in [-0.05, 0) is 30.3 Å². The van der Waals surface area contributed by atoms with Gasteiger partial charge in [0.15, 0.2) is 0 Å². The van der Waals surface area contributed by atoms with Gasteiger partial charge in [-0.25, -0.2) is 5.43 Å². The molecule has 0 aliphatic rings. The summed E-state index contributed by atoms with van der Waals surface area (Å²) in [6.45, 7) is 1.41. The third-order valence-electron chi connectivity index (χ3n) is 3.61. The van der Waals surface area contributed by atoms with Gasteiger partial charge in [0, 0.05) is 23.5 Å². The molecule has 2 heterocycles. The summed E-state index contributed by atoms with van der Waals surface area (Å²) in [7, 11) is 0. The Kier molecular flexibility index (Phi) is 5.43. The number of hydrogen-bond acceptors (Lipinski definition) is 6. The maximum absolute atomic E-state index is 12.8. The molecule has 0 saturated carbocycles. The van der Waals surface area contributed by atoms with Gasteiger partial charge in [0.25, 0.3) is 5.91 Å². The molecule has 0 spiro atoms. The summed E-state index contributed by atoms with van der Waals surface area (Å²) in [4.78, 5) is 16.9. The van der Waals surface area contributed by atoms with Crippen LogP contribution in [-0.2, 0) is 17.5 Å². The molecule has 3 aromatic rings. The minimum atomic E-state index is -4.48. The number of halogens is 3. The van der Waals surface area contributed by atoms with Crippen LogP contribution in [0.1, 0.15) is 18.1 Å². The van der Waals surface area contributed by atoms with E-state index in [1.54, 1.807) is 31.5 Å². The normalized spacial score (nSPS) is 12.1. The third-order valence-corrected chi connectivity index (χ3v) is 3.61. The summed E-state index contributed by atoms with van der Waals surface area (Å²) in [5, 5.41) is 15.3. The Balaban J connectivity index is 1.65. The minimum Gasteiger partial charge on any atom is -0.271 e. The summed E-state index contributed by atoms with van der Waals surface area (Å²) in [5.74, 6) is -0.537. The van der Waals surface area contributed by atoms with Crippen molar-refractivity contribution in [3.63, 3.8) is 0 Å². The molecule has 0 aliphatic carbocycles. The highest BCUT2D eigenvalue weighted by atomic mass is 19.4. The Morgan fingerprint density at radius 1 is 1.25 bits per heavy atom. The zero-order valence-corrected chi connectivity index (χ0v) is 14.6. The molecule has 0 aliphatic heterocycles. The molecular formula is C17H14F3N7O. The SMILES string of the molecule is C/C(=N/NC(=O)Cn1nnc(-c2cccc(C(F)(F)F)c2)n1)c1cccnc1.